The van der Waals surface area contributed by atoms with E-state index in [4.69, 9.17) is 16.7 Å². The minimum Gasteiger partial charge on any atom is -0.481 e. The minimum atomic E-state index is -0.796. The van der Waals surface area contributed by atoms with E-state index in [1.807, 2.05) is 18.2 Å². The molecule has 1 aliphatic carbocycles. The summed E-state index contributed by atoms with van der Waals surface area (Å²) < 4.78 is 0. The second-order valence-corrected chi connectivity index (χ2v) is 5.99. The van der Waals surface area contributed by atoms with Gasteiger partial charge in [-0.15, -0.1) is 0 Å². The molecule has 0 radical (unpaired) electrons. The molecule has 4 nitrogen and oxygen atoms in total. The second-order valence-electron chi connectivity index (χ2n) is 5.55. The van der Waals surface area contributed by atoms with Gasteiger partial charge in [0.25, 0.3) is 0 Å². The number of carboxylic acid groups (broad SMARTS) is 1. The predicted octanol–water partition coefficient (Wildman–Crippen LogP) is 3.13. The van der Waals surface area contributed by atoms with E-state index in [1.54, 1.807) is 6.07 Å². The van der Waals surface area contributed by atoms with Gasteiger partial charge in [-0.1, -0.05) is 30.2 Å². The van der Waals surface area contributed by atoms with Crippen molar-refractivity contribution in [3.63, 3.8) is 0 Å². The monoisotopic (exact) mass is 309 g/mol. The maximum absolute atomic E-state index is 12.5. The van der Waals surface area contributed by atoms with Crippen molar-refractivity contribution >= 4 is 23.5 Å². The summed E-state index contributed by atoms with van der Waals surface area (Å²) in [6, 6.07) is 7.50. The molecule has 1 fully saturated rings. The molecule has 1 amide bonds. The third-order valence-corrected chi connectivity index (χ3v) is 4.36. The van der Waals surface area contributed by atoms with Crippen LogP contribution in [0.4, 0.5) is 0 Å². The normalized spacial score (nSPS) is 16.0. The molecule has 1 aromatic carbocycles. The molecular formula is C16H20ClNO3. The molecule has 0 aromatic heterocycles. The first-order valence-corrected chi connectivity index (χ1v) is 7.68. The number of halogens is 1. The van der Waals surface area contributed by atoms with Crippen LogP contribution in [0.25, 0.3) is 0 Å². The Hall–Kier alpha value is -1.55. The van der Waals surface area contributed by atoms with Crippen LogP contribution in [0, 0.1) is 0 Å². The SMILES string of the molecule is O=C(O)CCCCNC(=O)C1(c2cccc(Cl)c2)CCC1. The van der Waals surface area contributed by atoms with Crippen LogP contribution >= 0.6 is 11.6 Å². The van der Waals surface area contributed by atoms with Gasteiger partial charge in [0.15, 0.2) is 0 Å². The number of amides is 1. The highest BCUT2D eigenvalue weighted by molar-refractivity contribution is 6.30. The fourth-order valence-corrected chi connectivity index (χ4v) is 2.93. The lowest BCUT2D eigenvalue weighted by molar-refractivity contribution is -0.137. The van der Waals surface area contributed by atoms with E-state index in [0.29, 0.717) is 24.4 Å². The lowest BCUT2D eigenvalue weighted by Gasteiger charge is -2.40. The van der Waals surface area contributed by atoms with Gasteiger partial charge in [0, 0.05) is 18.0 Å². The predicted molar refractivity (Wildman–Crippen MR) is 81.5 cm³/mol. The summed E-state index contributed by atoms with van der Waals surface area (Å²) >= 11 is 6.02. The van der Waals surface area contributed by atoms with Gasteiger partial charge in [0.05, 0.1) is 5.41 Å². The first kappa shape index (κ1) is 15.8. The van der Waals surface area contributed by atoms with Gasteiger partial charge < -0.3 is 10.4 Å². The van der Waals surface area contributed by atoms with Crippen molar-refractivity contribution in [1.29, 1.82) is 0 Å². The van der Waals surface area contributed by atoms with Crippen LogP contribution in [0.1, 0.15) is 44.1 Å². The minimum absolute atomic E-state index is 0.0336. The standard InChI is InChI=1S/C16H20ClNO3/c17-13-6-3-5-12(11-13)16(8-4-9-16)15(21)18-10-2-1-7-14(19)20/h3,5-6,11H,1-2,4,7-10H2,(H,18,21)(H,19,20). The molecule has 0 unspecified atom stereocenters. The van der Waals surface area contributed by atoms with Crippen LogP contribution in [0.15, 0.2) is 24.3 Å². The number of nitrogens with one attached hydrogen (secondary N) is 1. The number of hydrogen-bond donors (Lipinski definition) is 2. The number of hydrogen-bond acceptors (Lipinski definition) is 2. The van der Waals surface area contributed by atoms with Crippen LogP contribution < -0.4 is 5.32 Å². The van der Waals surface area contributed by atoms with Crippen LogP contribution in [-0.2, 0) is 15.0 Å². The van der Waals surface area contributed by atoms with Crippen molar-refractivity contribution in [3.05, 3.63) is 34.9 Å². The molecule has 1 saturated carbocycles. The number of aliphatic carboxylic acids is 1. The maximum Gasteiger partial charge on any atom is 0.303 e. The van der Waals surface area contributed by atoms with Crippen molar-refractivity contribution in [2.45, 2.75) is 43.9 Å². The number of unbranched alkanes of at least 4 members (excludes halogenated alkanes) is 1. The highest BCUT2D eigenvalue weighted by Crippen LogP contribution is 2.44. The average Bonchev–Trinajstić information content (AvgIpc) is 2.36. The van der Waals surface area contributed by atoms with Gasteiger partial charge in [-0.25, -0.2) is 0 Å². The first-order valence-electron chi connectivity index (χ1n) is 7.31. The van der Waals surface area contributed by atoms with Crippen LogP contribution in [0.3, 0.4) is 0 Å². The zero-order chi connectivity index (χ0) is 15.3. The Kier molecular flexibility index (Phi) is 5.23. The van der Waals surface area contributed by atoms with Crippen molar-refractivity contribution in [2.75, 3.05) is 6.54 Å². The zero-order valence-electron chi connectivity index (χ0n) is 11.9. The van der Waals surface area contributed by atoms with E-state index in [1.165, 1.54) is 0 Å². The van der Waals surface area contributed by atoms with E-state index in [0.717, 1.165) is 24.8 Å². The number of rotatable bonds is 7. The van der Waals surface area contributed by atoms with Crippen LogP contribution in [-0.4, -0.2) is 23.5 Å². The fraction of sp³-hybridized carbons (Fsp3) is 0.500. The molecule has 114 valence electrons. The largest absolute Gasteiger partial charge is 0.481 e. The Labute approximate surface area is 129 Å². The summed E-state index contributed by atoms with van der Waals surface area (Å²) in [7, 11) is 0. The molecule has 2 N–H and O–H groups in total. The van der Waals surface area contributed by atoms with Crippen molar-refractivity contribution in [2.24, 2.45) is 0 Å². The van der Waals surface area contributed by atoms with Crippen LogP contribution in [0.5, 0.6) is 0 Å². The van der Waals surface area contributed by atoms with Gasteiger partial charge >= 0.3 is 5.97 Å². The summed E-state index contributed by atoms with van der Waals surface area (Å²) in [6.45, 7) is 0.522. The molecule has 0 spiro atoms. The molecular weight excluding hydrogens is 290 g/mol. The highest BCUT2D eigenvalue weighted by Gasteiger charge is 2.45. The Morgan fingerprint density at radius 1 is 1.29 bits per heavy atom. The summed E-state index contributed by atoms with van der Waals surface area (Å²) in [5.41, 5.74) is 0.529. The summed E-state index contributed by atoms with van der Waals surface area (Å²) in [5.74, 6) is -0.762. The molecule has 1 aromatic rings. The molecule has 21 heavy (non-hydrogen) atoms. The van der Waals surface area contributed by atoms with Crippen LogP contribution in [0.2, 0.25) is 5.02 Å². The molecule has 2 rings (SSSR count). The summed E-state index contributed by atoms with van der Waals surface area (Å²) in [4.78, 5) is 22.9. The Morgan fingerprint density at radius 2 is 2.05 bits per heavy atom. The third kappa shape index (κ3) is 3.76. The van der Waals surface area contributed by atoms with Gasteiger partial charge in [0.2, 0.25) is 5.91 Å². The number of carbonyl (C=O) groups is 2. The number of carboxylic acids is 1. The Balaban J connectivity index is 1.91. The van der Waals surface area contributed by atoms with Gasteiger partial charge in [-0.3, -0.25) is 9.59 Å². The summed E-state index contributed by atoms with van der Waals surface area (Å²) in [6.07, 6.45) is 4.14. The molecule has 1 aliphatic rings. The molecule has 5 heteroatoms. The van der Waals surface area contributed by atoms with Gasteiger partial charge in [0.1, 0.15) is 0 Å². The van der Waals surface area contributed by atoms with E-state index in [9.17, 15) is 9.59 Å². The Bertz CT molecular complexity index is 526. The number of benzene rings is 1. The highest BCUT2D eigenvalue weighted by atomic mass is 35.5. The molecule has 0 heterocycles. The molecule has 0 aliphatic heterocycles. The fourth-order valence-electron chi connectivity index (χ4n) is 2.74. The lowest BCUT2D eigenvalue weighted by atomic mass is 9.64. The van der Waals surface area contributed by atoms with E-state index >= 15 is 0 Å². The van der Waals surface area contributed by atoms with E-state index < -0.39 is 11.4 Å². The number of carbonyl (C=O) groups excluding carboxylic acids is 1. The Morgan fingerprint density at radius 3 is 2.62 bits per heavy atom. The topological polar surface area (TPSA) is 66.4 Å². The molecule has 0 atom stereocenters. The van der Waals surface area contributed by atoms with Gasteiger partial charge in [-0.2, -0.15) is 0 Å². The summed E-state index contributed by atoms with van der Waals surface area (Å²) in [5, 5.41) is 12.2. The van der Waals surface area contributed by atoms with Crippen molar-refractivity contribution in [3.8, 4) is 0 Å². The zero-order valence-corrected chi connectivity index (χ0v) is 12.7. The second kappa shape index (κ2) is 6.94. The molecule has 0 bridgehead atoms. The van der Waals surface area contributed by atoms with Crippen molar-refractivity contribution in [1.82, 2.24) is 5.32 Å². The van der Waals surface area contributed by atoms with Gasteiger partial charge in [-0.05, 0) is 43.4 Å². The average molecular weight is 310 g/mol. The van der Waals surface area contributed by atoms with E-state index in [-0.39, 0.29) is 12.3 Å². The molecule has 0 saturated heterocycles. The third-order valence-electron chi connectivity index (χ3n) is 4.12. The quantitative estimate of drug-likeness (QED) is 0.760. The van der Waals surface area contributed by atoms with Crippen molar-refractivity contribution < 1.29 is 14.7 Å². The smallest absolute Gasteiger partial charge is 0.303 e. The maximum atomic E-state index is 12.5. The lowest BCUT2D eigenvalue weighted by Crippen LogP contribution is -2.49. The first-order chi connectivity index (χ1) is 10.0. The van der Waals surface area contributed by atoms with E-state index in [2.05, 4.69) is 5.32 Å².